The molecule has 0 saturated carbocycles. The second-order valence-electron chi connectivity index (χ2n) is 6.11. The van der Waals surface area contributed by atoms with Gasteiger partial charge in [0.1, 0.15) is 6.10 Å². The van der Waals surface area contributed by atoms with E-state index in [-0.39, 0.29) is 12.0 Å². The maximum absolute atomic E-state index is 12.1. The van der Waals surface area contributed by atoms with E-state index in [1.54, 1.807) is 18.3 Å². The zero-order valence-electron chi connectivity index (χ0n) is 14.3. The Kier molecular flexibility index (Phi) is 5.18. The van der Waals surface area contributed by atoms with Crippen molar-refractivity contribution in [3.63, 3.8) is 0 Å². The number of carbonyl (C=O) groups excluding carboxylic acids is 1. The standard InChI is InChI=1S/C20H16ClN3O2S/c21-19-7-6-18(27-19)20(25)23-12-16-10-17(24-26-16)14-4-1-3-13(9-14)15-5-2-8-22-11-15/h1-9,11,16H,10,12H2,(H,23,25). The van der Waals surface area contributed by atoms with Crippen LogP contribution in [0.3, 0.4) is 0 Å². The summed E-state index contributed by atoms with van der Waals surface area (Å²) in [7, 11) is 0. The van der Waals surface area contributed by atoms with Crippen LogP contribution in [-0.2, 0) is 4.84 Å². The van der Waals surface area contributed by atoms with Crippen LogP contribution in [0.25, 0.3) is 11.1 Å². The van der Waals surface area contributed by atoms with E-state index in [9.17, 15) is 4.79 Å². The Hall–Kier alpha value is -2.70. The number of pyridine rings is 1. The van der Waals surface area contributed by atoms with Crippen LogP contribution in [0, 0.1) is 0 Å². The molecule has 2 aromatic heterocycles. The van der Waals surface area contributed by atoms with Gasteiger partial charge in [0.05, 0.1) is 21.5 Å². The molecule has 0 radical (unpaired) electrons. The minimum atomic E-state index is -0.179. The Morgan fingerprint density at radius 1 is 1.19 bits per heavy atom. The van der Waals surface area contributed by atoms with Gasteiger partial charge in [-0.05, 0) is 29.8 Å². The first kappa shape index (κ1) is 17.7. The maximum Gasteiger partial charge on any atom is 0.261 e. The number of hydrogen-bond acceptors (Lipinski definition) is 5. The average Bonchev–Trinajstić information content (AvgIpc) is 3.36. The van der Waals surface area contributed by atoms with Crippen molar-refractivity contribution in [1.29, 1.82) is 0 Å². The largest absolute Gasteiger partial charge is 0.390 e. The molecular formula is C20H16ClN3O2S. The first-order valence-corrected chi connectivity index (χ1v) is 9.65. The predicted molar refractivity (Wildman–Crippen MR) is 107 cm³/mol. The Balaban J connectivity index is 1.37. The summed E-state index contributed by atoms with van der Waals surface area (Å²) in [5, 5.41) is 7.08. The molecule has 1 N–H and O–H groups in total. The monoisotopic (exact) mass is 397 g/mol. The number of aromatic nitrogens is 1. The highest BCUT2D eigenvalue weighted by Gasteiger charge is 2.23. The zero-order chi connectivity index (χ0) is 18.6. The van der Waals surface area contributed by atoms with Crippen LogP contribution in [-0.4, -0.2) is 29.3 Å². The van der Waals surface area contributed by atoms with Crippen LogP contribution in [0.5, 0.6) is 0 Å². The third-order valence-corrected chi connectivity index (χ3v) is 5.44. The van der Waals surface area contributed by atoms with Crippen LogP contribution in [0.15, 0.2) is 66.1 Å². The molecule has 3 aromatic rings. The summed E-state index contributed by atoms with van der Waals surface area (Å²) in [6.07, 6.45) is 4.05. The third kappa shape index (κ3) is 4.18. The van der Waals surface area contributed by atoms with Crippen molar-refractivity contribution in [3.8, 4) is 11.1 Å². The Labute approximate surface area is 165 Å². The summed E-state index contributed by atoms with van der Waals surface area (Å²) in [5.41, 5.74) is 4.02. The van der Waals surface area contributed by atoms with E-state index in [1.165, 1.54) is 11.3 Å². The van der Waals surface area contributed by atoms with Crippen molar-refractivity contribution in [2.24, 2.45) is 5.16 Å². The molecule has 1 aliphatic heterocycles. The third-order valence-electron chi connectivity index (χ3n) is 4.21. The molecule has 1 unspecified atom stereocenters. The molecule has 0 bridgehead atoms. The average molecular weight is 398 g/mol. The number of nitrogens with zero attached hydrogens (tertiary/aromatic N) is 2. The van der Waals surface area contributed by atoms with Crippen LogP contribution in [0.2, 0.25) is 4.34 Å². The molecular weight excluding hydrogens is 382 g/mol. The van der Waals surface area contributed by atoms with Crippen molar-refractivity contribution in [2.75, 3.05) is 6.54 Å². The zero-order valence-corrected chi connectivity index (χ0v) is 15.8. The highest BCUT2D eigenvalue weighted by Crippen LogP contribution is 2.23. The highest BCUT2D eigenvalue weighted by molar-refractivity contribution is 7.17. The number of carbonyl (C=O) groups is 1. The second kappa shape index (κ2) is 7.90. The van der Waals surface area contributed by atoms with E-state index < -0.39 is 0 Å². The Morgan fingerprint density at radius 2 is 2.04 bits per heavy atom. The summed E-state index contributed by atoms with van der Waals surface area (Å²) >= 11 is 7.12. The van der Waals surface area contributed by atoms with Gasteiger partial charge in [-0.3, -0.25) is 9.78 Å². The molecule has 0 saturated heterocycles. The van der Waals surface area contributed by atoms with Gasteiger partial charge >= 0.3 is 0 Å². The lowest BCUT2D eigenvalue weighted by Gasteiger charge is -2.09. The smallest absolute Gasteiger partial charge is 0.261 e. The van der Waals surface area contributed by atoms with E-state index in [4.69, 9.17) is 16.4 Å². The van der Waals surface area contributed by atoms with Gasteiger partial charge in [0.25, 0.3) is 5.91 Å². The molecule has 0 spiro atoms. The fourth-order valence-electron chi connectivity index (χ4n) is 2.85. The van der Waals surface area contributed by atoms with Gasteiger partial charge in [-0.1, -0.05) is 41.0 Å². The summed E-state index contributed by atoms with van der Waals surface area (Å²) < 4.78 is 0.594. The Bertz CT molecular complexity index is 988. The molecule has 0 fully saturated rings. The van der Waals surface area contributed by atoms with Crippen molar-refractivity contribution in [2.45, 2.75) is 12.5 Å². The molecule has 5 nitrogen and oxygen atoms in total. The van der Waals surface area contributed by atoms with Crippen molar-refractivity contribution in [3.05, 3.63) is 75.7 Å². The van der Waals surface area contributed by atoms with Crippen LogP contribution < -0.4 is 5.32 Å². The van der Waals surface area contributed by atoms with E-state index in [2.05, 4.69) is 21.5 Å². The van der Waals surface area contributed by atoms with Gasteiger partial charge < -0.3 is 10.2 Å². The van der Waals surface area contributed by atoms with Gasteiger partial charge in [0, 0.05) is 29.9 Å². The normalized spacial score (nSPS) is 15.9. The number of thiophene rings is 1. The van der Waals surface area contributed by atoms with Crippen molar-refractivity contribution >= 4 is 34.6 Å². The number of nitrogens with one attached hydrogen (secondary N) is 1. The summed E-state index contributed by atoms with van der Waals surface area (Å²) in [6, 6.07) is 15.5. The minimum Gasteiger partial charge on any atom is -0.390 e. The van der Waals surface area contributed by atoms with Crippen molar-refractivity contribution in [1.82, 2.24) is 10.3 Å². The van der Waals surface area contributed by atoms with Crippen LogP contribution in [0.1, 0.15) is 21.7 Å². The first-order valence-electron chi connectivity index (χ1n) is 8.46. The van der Waals surface area contributed by atoms with Gasteiger partial charge in [-0.2, -0.15) is 0 Å². The molecule has 1 aromatic carbocycles. The highest BCUT2D eigenvalue weighted by atomic mass is 35.5. The number of oxime groups is 1. The molecule has 1 aliphatic rings. The predicted octanol–water partition coefficient (Wildman–Crippen LogP) is 4.39. The fraction of sp³-hybridized carbons (Fsp3) is 0.150. The molecule has 27 heavy (non-hydrogen) atoms. The van der Waals surface area contributed by atoms with E-state index in [0.29, 0.717) is 22.2 Å². The summed E-state index contributed by atoms with van der Waals surface area (Å²) in [6.45, 7) is 0.393. The minimum absolute atomic E-state index is 0.150. The van der Waals surface area contributed by atoms with Gasteiger partial charge in [0.15, 0.2) is 0 Å². The van der Waals surface area contributed by atoms with E-state index in [1.807, 2.05) is 36.5 Å². The molecule has 136 valence electrons. The van der Waals surface area contributed by atoms with Crippen LogP contribution in [0.4, 0.5) is 0 Å². The fourth-order valence-corrected chi connectivity index (χ4v) is 3.81. The SMILES string of the molecule is O=C(NCC1CC(c2cccc(-c3cccnc3)c2)=NO1)c1ccc(Cl)s1. The number of benzene rings is 1. The maximum atomic E-state index is 12.1. The molecule has 0 aliphatic carbocycles. The second-order valence-corrected chi connectivity index (χ2v) is 7.82. The van der Waals surface area contributed by atoms with Gasteiger partial charge in [-0.25, -0.2) is 0 Å². The van der Waals surface area contributed by atoms with Gasteiger partial charge in [0.2, 0.25) is 0 Å². The van der Waals surface area contributed by atoms with E-state index in [0.717, 1.165) is 22.4 Å². The van der Waals surface area contributed by atoms with Crippen molar-refractivity contribution < 1.29 is 9.63 Å². The van der Waals surface area contributed by atoms with Gasteiger partial charge in [-0.15, -0.1) is 11.3 Å². The molecule has 3 heterocycles. The number of amides is 1. The molecule has 4 rings (SSSR count). The number of hydrogen-bond donors (Lipinski definition) is 1. The molecule has 1 amide bonds. The molecule has 7 heteroatoms. The number of rotatable bonds is 5. The lowest BCUT2D eigenvalue weighted by atomic mass is 10.00. The molecule has 1 atom stereocenters. The first-order chi connectivity index (χ1) is 13.2. The Morgan fingerprint density at radius 3 is 2.81 bits per heavy atom. The lowest BCUT2D eigenvalue weighted by molar-refractivity contribution is 0.0755. The van der Waals surface area contributed by atoms with Crippen LogP contribution >= 0.6 is 22.9 Å². The number of halogens is 1. The summed E-state index contributed by atoms with van der Waals surface area (Å²) in [4.78, 5) is 22.4. The summed E-state index contributed by atoms with van der Waals surface area (Å²) in [5.74, 6) is -0.150. The quantitative estimate of drug-likeness (QED) is 0.694. The van der Waals surface area contributed by atoms with E-state index >= 15 is 0 Å². The topological polar surface area (TPSA) is 63.6 Å². The lowest BCUT2D eigenvalue weighted by Crippen LogP contribution is -2.31.